The Kier molecular flexibility index (Phi) is 4.34. The molecule has 0 atom stereocenters. The van der Waals surface area contributed by atoms with Gasteiger partial charge < -0.3 is 4.74 Å². The molecule has 2 aromatic carbocycles. The average Bonchev–Trinajstić information content (AvgIpc) is 2.52. The topological polar surface area (TPSA) is 22.1 Å². The summed E-state index contributed by atoms with van der Waals surface area (Å²) in [6.07, 6.45) is 1.72. The number of halogens is 3. The van der Waals surface area contributed by atoms with Crippen molar-refractivity contribution in [3.63, 3.8) is 0 Å². The second kappa shape index (κ2) is 6.22. The van der Waals surface area contributed by atoms with Gasteiger partial charge in [0, 0.05) is 17.5 Å². The lowest BCUT2D eigenvalue weighted by Gasteiger charge is -2.11. The molecule has 0 saturated heterocycles. The minimum atomic E-state index is 0.463. The predicted molar refractivity (Wildman–Crippen MR) is 90.5 cm³/mol. The van der Waals surface area contributed by atoms with Crippen molar-refractivity contribution >= 4 is 50.0 Å². The van der Waals surface area contributed by atoms with E-state index in [-0.39, 0.29) is 0 Å². The number of hydrogen-bond donors (Lipinski definition) is 0. The monoisotopic (exact) mass is 381 g/mol. The number of aromatic nitrogens is 1. The van der Waals surface area contributed by atoms with Crippen LogP contribution in [0.4, 0.5) is 0 Å². The molecule has 0 aliphatic carbocycles. The highest BCUT2D eigenvalue weighted by molar-refractivity contribution is 9.10. The van der Waals surface area contributed by atoms with Crippen molar-refractivity contribution in [1.82, 2.24) is 4.98 Å². The smallest absolute Gasteiger partial charge is 0.153 e. The zero-order valence-electron chi connectivity index (χ0n) is 10.8. The number of rotatable bonds is 3. The van der Waals surface area contributed by atoms with Crippen LogP contribution in [0.3, 0.4) is 0 Å². The van der Waals surface area contributed by atoms with E-state index in [2.05, 4.69) is 20.9 Å². The highest BCUT2D eigenvalue weighted by Crippen LogP contribution is 2.35. The maximum absolute atomic E-state index is 6.18. The summed E-state index contributed by atoms with van der Waals surface area (Å²) in [6.45, 7) is 0. The van der Waals surface area contributed by atoms with E-state index in [9.17, 15) is 0 Å². The summed E-state index contributed by atoms with van der Waals surface area (Å²) < 4.78 is 6.81. The number of nitrogens with zero attached hydrogens (tertiary/aromatic N) is 1. The van der Waals surface area contributed by atoms with Gasteiger partial charge in [0.05, 0.1) is 9.50 Å². The van der Waals surface area contributed by atoms with Gasteiger partial charge in [-0.3, -0.25) is 4.98 Å². The third-order valence-electron chi connectivity index (χ3n) is 3.05. The maximum Gasteiger partial charge on any atom is 0.153 e. The van der Waals surface area contributed by atoms with E-state index in [1.807, 2.05) is 42.5 Å². The maximum atomic E-state index is 6.18. The van der Waals surface area contributed by atoms with Gasteiger partial charge in [-0.05, 0) is 57.9 Å². The van der Waals surface area contributed by atoms with Crippen LogP contribution in [0, 0.1) is 0 Å². The number of benzene rings is 2. The summed E-state index contributed by atoms with van der Waals surface area (Å²) in [4.78, 5) is 4.36. The largest absolute Gasteiger partial charge is 0.454 e. The molecular formula is C16H10BrCl2NO. The summed E-state index contributed by atoms with van der Waals surface area (Å²) in [5.74, 6) is 1.83. The Morgan fingerprint density at radius 1 is 1.10 bits per heavy atom. The molecule has 0 N–H and O–H groups in total. The summed E-state index contributed by atoms with van der Waals surface area (Å²) in [5.41, 5.74) is 1.76. The van der Waals surface area contributed by atoms with E-state index in [1.165, 1.54) is 0 Å². The molecule has 21 heavy (non-hydrogen) atoms. The fraction of sp³-hybridized carbons (Fsp3) is 0.0625. The van der Waals surface area contributed by atoms with Gasteiger partial charge in [-0.2, -0.15) is 0 Å². The Bertz CT molecular complexity index is 807. The van der Waals surface area contributed by atoms with Crippen LogP contribution in [0.15, 0.2) is 53.1 Å². The van der Waals surface area contributed by atoms with Crippen molar-refractivity contribution in [3.05, 3.63) is 63.7 Å². The summed E-state index contributed by atoms with van der Waals surface area (Å²) >= 11 is 15.5. The van der Waals surface area contributed by atoms with E-state index in [4.69, 9.17) is 27.9 Å². The van der Waals surface area contributed by atoms with Gasteiger partial charge in [-0.25, -0.2) is 0 Å². The van der Waals surface area contributed by atoms with Crippen molar-refractivity contribution in [2.75, 3.05) is 0 Å². The molecule has 2 nitrogen and oxygen atoms in total. The molecule has 3 aromatic rings. The molecule has 0 aliphatic rings. The molecule has 0 saturated carbocycles. The molecule has 1 aromatic heterocycles. The molecule has 0 spiro atoms. The van der Waals surface area contributed by atoms with Gasteiger partial charge in [-0.1, -0.05) is 17.7 Å². The molecule has 0 aliphatic heterocycles. The fourth-order valence-corrected chi connectivity index (χ4v) is 2.91. The van der Waals surface area contributed by atoms with E-state index in [0.717, 1.165) is 20.9 Å². The molecule has 0 amide bonds. The Balaban J connectivity index is 2.04. The van der Waals surface area contributed by atoms with Crippen LogP contribution in [-0.4, -0.2) is 4.98 Å². The number of alkyl halides is 1. The van der Waals surface area contributed by atoms with Crippen LogP contribution >= 0.6 is 39.1 Å². The van der Waals surface area contributed by atoms with E-state index < -0.39 is 0 Å². The highest BCUT2D eigenvalue weighted by Gasteiger charge is 2.10. The Labute approximate surface area is 140 Å². The number of ether oxygens (including phenoxy) is 1. The van der Waals surface area contributed by atoms with Gasteiger partial charge in [0.2, 0.25) is 0 Å². The molecule has 106 valence electrons. The van der Waals surface area contributed by atoms with Gasteiger partial charge >= 0.3 is 0 Å². The Morgan fingerprint density at radius 3 is 2.67 bits per heavy atom. The summed E-state index contributed by atoms with van der Waals surface area (Å²) in [6, 6.07) is 13.1. The van der Waals surface area contributed by atoms with Crippen molar-refractivity contribution in [1.29, 1.82) is 0 Å². The van der Waals surface area contributed by atoms with Gasteiger partial charge in [0.15, 0.2) is 5.75 Å². The van der Waals surface area contributed by atoms with Gasteiger partial charge in [-0.15, -0.1) is 11.6 Å². The second-order valence-corrected chi connectivity index (χ2v) is 5.97. The standard InChI is InChI=1S/C16H10BrCl2NO/c17-12-8-10(9-18)3-5-14(12)21-15-6-4-13(19)11-2-1-7-20-16(11)15/h1-8H,9H2. The highest BCUT2D eigenvalue weighted by atomic mass is 79.9. The van der Waals surface area contributed by atoms with E-state index >= 15 is 0 Å². The summed E-state index contributed by atoms with van der Waals surface area (Å²) in [5, 5.41) is 1.52. The SMILES string of the molecule is ClCc1ccc(Oc2ccc(Cl)c3cccnc23)c(Br)c1. The minimum absolute atomic E-state index is 0.463. The molecular weight excluding hydrogens is 373 g/mol. The molecule has 0 bridgehead atoms. The minimum Gasteiger partial charge on any atom is -0.454 e. The first-order valence-corrected chi connectivity index (χ1v) is 7.95. The predicted octanol–water partition coefficient (Wildman–Crippen LogP) is 6.18. The number of pyridine rings is 1. The first kappa shape index (κ1) is 14.6. The van der Waals surface area contributed by atoms with Crippen LogP contribution in [0.25, 0.3) is 10.9 Å². The van der Waals surface area contributed by atoms with E-state index in [0.29, 0.717) is 22.4 Å². The van der Waals surface area contributed by atoms with Crippen LogP contribution < -0.4 is 4.74 Å². The Hall–Kier alpha value is -1.29. The van der Waals surface area contributed by atoms with Crippen molar-refractivity contribution in [2.24, 2.45) is 0 Å². The van der Waals surface area contributed by atoms with Crippen LogP contribution in [0.5, 0.6) is 11.5 Å². The van der Waals surface area contributed by atoms with Crippen LogP contribution in [0.2, 0.25) is 5.02 Å². The summed E-state index contributed by atoms with van der Waals surface area (Å²) in [7, 11) is 0. The lowest BCUT2D eigenvalue weighted by atomic mass is 10.2. The molecule has 1 heterocycles. The molecule has 3 rings (SSSR count). The van der Waals surface area contributed by atoms with Crippen molar-refractivity contribution < 1.29 is 4.74 Å². The zero-order chi connectivity index (χ0) is 14.8. The van der Waals surface area contributed by atoms with Crippen molar-refractivity contribution in [3.8, 4) is 11.5 Å². The van der Waals surface area contributed by atoms with Crippen LogP contribution in [-0.2, 0) is 5.88 Å². The quantitative estimate of drug-likeness (QED) is 0.504. The fourth-order valence-electron chi connectivity index (χ4n) is 2.02. The third kappa shape index (κ3) is 3.00. The lowest BCUT2D eigenvalue weighted by Crippen LogP contribution is -1.90. The first-order chi connectivity index (χ1) is 10.2. The second-order valence-electron chi connectivity index (χ2n) is 4.45. The molecule has 5 heteroatoms. The lowest BCUT2D eigenvalue weighted by molar-refractivity contribution is 0.484. The molecule has 0 radical (unpaired) electrons. The van der Waals surface area contributed by atoms with E-state index in [1.54, 1.807) is 6.20 Å². The molecule has 0 unspecified atom stereocenters. The zero-order valence-corrected chi connectivity index (χ0v) is 13.9. The van der Waals surface area contributed by atoms with Crippen LogP contribution in [0.1, 0.15) is 5.56 Å². The number of hydrogen-bond acceptors (Lipinski definition) is 2. The average molecular weight is 383 g/mol. The number of fused-ring (bicyclic) bond motifs is 1. The Morgan fingerprint density at radius 2 is 1.90 bits per heavy atom. The first-order valence-electron chi connectivity index (χ1n) is 6.24. The van der Waals surface area contributed by atoms with Gasteiger partial charge in [0.1, 0.15) is 11.3 Å². The molecule has 0 fully saturated rings. The van der Waals surface area contributed by atoms with Crippen molar-refractivity contribution in [2.45, 2.75) is 5.88 Å². The normalized spacial score (nSPS) is 10.8. The third-order valence-corrected chi connectivity index (χ3v) is 4.31. The van der Waals surface area contributed by atoms with Gasteiger partial charge in [0.25, 0.3) is 0 Å².